The molecule has 2 amide bonds. The van der Waals surface area contributed by atoms with Gasteiger partial charge in [-0.15, -0.1) is 0 Å². The SMILES string of the molecule is CS(=O)(=O)NCC(=O)N1CCC(c2ccc(C(=O)NC3CCCC3)cn2)CC1. The Hall–Kier alpha value is -2.00. The fourth-order valence-electron chi connectivity index (χ4n) is 3.85. The zero-order valence-corrected chi connectivity index (χ0v) is 17.0. The van der Waals surface area contributed by atoms with Gasteiger partial charge in [0, 0.05) is 36.9 Å². The first-order valence-electron chi connectivity index (χ1n) is 9.81. The van der Waals surface area contributed by atoms with Crippen LogP contribution >= 0.6 is 0 Å². The Morgan fingerprint density at radius 3 is 2.39 bits per heavy atom. The van der Waals surface area contributed by atoms with E-state index in [9.17, 15) is 18.0 Å². The van der Waals surface area contributed by atoms with Gasteiger partial charge < -0.3 is 10.2 Å². The third-order valence-electron chi connectivity index (χ3n) is 5.49. The number of nitrogens with one attached hydrogen (secondary N) is 2. The van der Waals surface area contributed by atoms with Crippen molar-refractivity contribution in [2.45, 2.75) is 50.5 Å². The third-order valence-corrected chi connectivity index (χ3v) is 6.16. The number of aromatic nitrogens is 1. The maximum atomic E-state index is 12.3. The molecule has 0 bridgehead atoms. The summed E-state index contributed by atoms with van der Waals surface area (Å²) in [7, 11) is -3.37. The molecule has 3 rings (SSSR count). The molecule has 1 aromatic heterocycles. The fraction of sp³-hybridized carbons (Fsp3) is 0.632. The van der Waals surface area contributed by atoms with Crippen molar-refractivity contribution in [3.05, 3.63) is 29.6 Å². The fourth-order valence-corrected chi connectivity index (χ4v) is 4.23. The van der Waals surface area contributed by atoms with E-state index in [4.69, 9.17) is 0 Å². The lowest BCUT2D eigenvalue weighted by atomic mass is 9.92. The summed E-state index contributed by atoms with van der Waals surface area (Å²) in [5, 5.41) is 3.06. The molecule has 0 aromatic carbocycles. The molecule has 0 atom stereocenters. The lowest BCUT2D eigenvalue weighted by Crippen LogP contribution is -2.43. The second kappa shape index (κ2) is 9.00. The maximum Gasteiger partial charge on any atom is 0.253 e. The highest BCUT2D eigenvalue weighted by molar-refractivity contribution is 7.88. The number of pyridine rings is 1. The third kappa shape index (κ3) is 5.75. The van der Waals surface area contributed by atoms with Crippen molar-refractivity contribution < 1.29 is 18.0 Å². The molecular weight excluding hydrogens is 380 g/mol. The van der Waals surface area contributed by atoms with Crippen LogP contribution in [0.1, 0.15) is 60.5 Å². The van der Waals surface area contributed by atoms with E-state index < -0.39 is 10.0 Å². The highest BCUT2D eigenvalue weighted by atomic mass is 32.2. The lowest BCUT2D eigenvalue weighted by Gasteiger charge is -2.31. The Morgan fingerprint density at radius 2 is 1.82 bits per heavy atom. The Kier molecular flexibility index (Phi) is 6.66. The van der Waals surface area contributed by atoms with Crippen molar-refractivity contribution in [2.75, 3.05) is 25.9 Å². The zero-order valence-electron chi connectivity index (χ0n) is 16.2. The minimum absolute atomic E-state index is 0.0651. The van der Waals surface area contributed by atoms with E-state index in [1.807, 2.05) is 12.1 Å². The molecule has 154 valence electrons. The van der Waals surface area contributed by atoms with Crippen LogP contribution in [0, 0.1) is 0 Å². The van der Waals surface area contributed by atoms with Gasteiger partial charge in [0.1, 0.15) is 0 Å². The molecule has 1 aliphatic heterocycles. The second-order valence-electron chi connectivity index (χ2n) is 7.67. The molecule has 1 aliphatic carbocycles. The van der Waals surface area contributed by atoms with Crippen LogP contribution in [0.5, 0.6) is 0 Å². The molecule has 1 saturated carbocycles. The summed E-state index contributed by atoms with van der Waals surface area (Å²) < 4.78 is 24.5. The summed E-state index contributed by atoms with van der Waals surface area (Å²) in [6.07, 6.45) is 8.66. The number of sulfonamides is 1. The van der Waals surface area contributed by atoms with Crippen molar-refractivity contribution >= 4 is 21.8 Å². The average Bonchev–Trinajstić information content (AvgIpc) is 3.19. The molecule has 1 saturated heterocycles. The molecule has 1 aromatic rings. The van der Waals surface area contributed by atoms with Gasteiger partial charge in [-0.2, -0.15) is 0 Å². The number of likely N-dealkylation sites (tertiary alicyclic amines) is 1. The van der Waals surface area contributed by atoms with Gasteiger partial charge in [0.25, 0.3) is 5.91 Å². The first-order chi connectivity index (χ1) is 13.3. The number of rotatable bonds is 6. The quantitative estimate of drug-likeness (QED) is 0.730. The molecule has 2 heterocycles. The van der Waals surface area contributed by atoms with Gasteiger partial charge in [0.05, 0.1) is 18.4 Å². The zero-order chi connectivity index (χ0) is 20.1. The first kappa shape index (κ1) is 20.7. The van der Waals surface area contributed by atoms with Crippen molar-refractivity contribution in [1.29, 1.82) is 0 Å². The van der Waals surface area contributed by atoms with Gasteiger partial charge in [-0.25, -0.2) is 13.1 Å². The largest absolute Gasteiger partial charge is 0.349 e. The van der Waals surface area contributed by atoms with E-state index in [1.165, 1.54) is 12.8 Å². The lowest BCUT2D eigenvalue weighted by molar-refractivity contribution is -0.131. The van der Waals surface area contributed by atoms with Gasteiger partial charge in [0.15, 0.2) is 0 Å². The van der Waals surface area contributed by atoms with Crippen LogP contribution in [0.15, 0.2) is 18.3 Å². The summed E-state index contributed by atoms with van der Waals surface area (Å²) >= 11 is 0. The van der Waals surface area contributed by atoms with Crippen LogP contribution in [0.4, 0.5) is 0 Å². The molecule has 8 nitrogen and oxygen atoms in total. The van der Waals surface area contributed by atoms with Crippen molar-refractivity contribution in [3.63, 3.8) is 0 Å². The molecule has 28 heavy (non-hydrogen) atoms. The minimum atomic E-state index is -3.37. The molecule has 0 radical (unpaired) electrons. The molecule has 2 fully saturated rings. The van der Waals surface area contributed by atoms with E-state index in [0.29, 0.717) is 18.7 Å². The number of hydrogen-bond donors (Lipinski definition) is 2. The van der Waals surface area contributed by atoms with Crippen LogP contribution in [-0.4, -0.2) is 62.0 Å². The highest BCUT2D eigenvalue weighted by Gasteiger charge is 2.25. The molecule has 2 aliphatic rings. The number of nitrogens with zero attached hydrogens (tertiary/aromatic N) is 2. The van der Waals surface area contributed by atoms with E-state index >= 15 is 0 Å². The Labute approximate surface area is 166 Å². The van der Waals surface area contributed by atoms with Crippen LogP contribution in [0.2, 0.25) is 0 Å². The smallest absolute Gasteiger partial charge is 0.253 e. The molecule has 2 N–H and O–H groups in total. The minimum Gasteiger partial charge on any atom is -0.349 e. The highest BCUT2D eigenvalue weighted by Crippen LogP contribution is 2.26. The number of amides is 2. The summed E-state index contributed by atoms with van der Waals surface area (Å²) in [5.74, 6) is -0.0423. The number of piperidine rings is 1. The van der Waals surface area contributed by atoms with Crippen molar-refractivity contribution in [2.24, 2.45) is 0 Å². The van der Waals surface area contributed by atoms with E-state index in [-0.39, 0.29) is 30.3 Å². The standard InChI is InChI=1S/C19H28N4O4S/c1-28(26,27)21-13-18(24)23-10-8-14(9-11-23)17-7-6-15(12-20-17)19(25)22-16-4-2-3-5-16/h6-7,12,14,16,21H,2-5,8-11,13H2,1H3,(H,22,25). The van der Waals surface area contributed by atoms with Crippen LogP contribution in [-0.2, 0) is 14.8 Å². The predicted octanol–water partition coefficient (Wildman–Crippen LogP) is 1.01. The monoisotopic (exact) mass is 408 g/mol. The predicted molar refractivity (Wildman–Crippen MR) is 105 cm³/mol. The van der Waals surface area contributed by atoms with Gasteiger partial charge in [-0.3, -0.25) is 14.6 Å². The topological polar surface area (TPSA) is 108 Å². The second-order valence-corrected chi connectivity index (χ2v) is 9.51. The number of carbonyl (C=O) groups excluding carboxylic acids is 2. The number of hydrogen-bond acceptors (Lipinski definition) is 5. The summed E-state index contributed by atoms with van der Waals surface area (Å²) in [4.78, 5) is 30.5. The van der Waals surface area contributed by atoms with Gasteiger partial charge >= 0.3 is 0 Å². The Morgan fingerprint density at radius 1 is 1.14 bits per heavy atom. The van der Waals surface area contributed by atoms with E-state index in [1.54, 1.807) is 11.1 Å². The number of carbonyl (C=O) groups is 2. The molecule has 9 heteroatoms. The summed E-state index contributed by atoms with van der Waals surface area (Å²) in [5.41, 5.74) is 1.51. The average molecular weight is 409 g/mol. The Balaban J connectivity index is 1.49. The van der Waals surface area contributed by atoms with Gasteiger partial charge in [0.2, 0.25) is 15.9 Å². The van der Waals surface area contributed by atoms with Gasteiger partial charge in [-0.1, -0.05) is 12.8 Å². The summed E-state index contributed by atoms with van der Waals surface area (Å²) in [6, 6.07) is 4.00. The molecule has 0 spiro atoms. The first-order valence-corrected chi connectivity index (χ1v) is 11.7. The molecular formula is C19H28N4O4S. The van der Waals surface area contributed by atoms with Gasteiger partial charge in [-0.05, 0) is 37.8 Å². The van der Waals surface area contributed by atoms with Crippen LogP contribution in [0.3, 0.4) is 0 Å². The van der Waals surface area contributed by atoms with Crippen LogP contribution < -0.4 is 10.0 Å². The Bertz CT molecular complexity index is 796. The van der Waals surface area contributed by atoms with Crippen molar-refractivity contribution in [3.8, 4) is 0 Å². The summed E-state index contributed by atoms with van der Waals surface area (Å²) in [6.45, 7) is 0.938. The van der Waals surface area contributed by atoms with E-state index in [2.05, 4.69) is 15.0 Å². The normalized spacial score (nSPS) is 19.0. The van der Waals surface area contributed by atoms with E-state index in [0.717, 1.165) is 37.6 Å². The van der Waals surface area contributed by atoms with Crippen LogP contribution in [0.25, 0.3) is 0 Å². The van der Waals surface area contributed by atoms with Crippen molar-refractivity contribution in [1.82, 2.24) is 19.9 Å². The maximum absolute atomic E-state index is 12.3. The molecule has 0 unspecified atom stereocenters.